The molecule has 2 aromatic rings. The molecular formula is C12H11NO2. The van der Waals surface area contributed by atoms with E-state index in [-0.39, 0.29) is 5.97 Å². The molecule has 0 aliphatic heterocycles. The Kier molecular flexibility index (Phi) is 2.37. The van der Waals surface area contributed by atoms with E-state index in [9.17, 15) is 4.79 Å². The zero-order valence-corrected chi connectivity index (χ0v) is 8.65. The molecule has 3 nitrogen and oxygen atoms in total. The molecule has 0 aliphatic carbocycles. The summed E-state index contributed by atoms with van der Waals surface area (Å²) in [6.07, 6.45) is 1.69. The molecule has 0 N–H and O–H groups in total. The van der Waals surface area contributed by atoms with Crippen molar-refractivity contribution < 1.29 is 9.53 Å². The third kappa shape index (κ3) is 1.81. The molecule has 0 saturated heterocycles. The smallest absolute Gasteiger partial charge is 0.308 e. The molecule has 76 valence electrons. The van der Waals surface area contributed by atoms with Crippen molar-refractivity contribution in [3.8, 4) is 5.75 Å². The van der Waals surface area contributed by atoms with Gasteiger partial charge in [0.15, 0.2) is 5.75 Å². The molecule has 0 bridgehead atoms. The van der Waals surface area contributed by atoms with Crippen LogP contribution in [0.1, 0.15) is 12.5 Å². The third-order valence-corrected chi connectivity index (χ3v) is 2.17. The van der Waals surface area contributed by atoms with Crippen LogP contribution in [0, 0.1) is 6.92 Å². The van der Waals surface area contributed by atoms with Gasteiger partial charge < -0.3 is 4.74 Å². The predicted octanol–water partition coefficient (Wildman–Crippen LogP) is 2.47. The van der Waals surface area contributed by atoms with Crippen LogP contribution in [0.15, 0.2) is 30.5 Å². The summed E-state index contributed by atoms with van der Waals surface area (Å²) in [7, 11) is 0. The number of nitrogens with zero attached hydrogens (tertiary/aromatic N) is 1. The fourth-order valence-corrected chi connectivity index (χ4v) is 1.49. The minimum Gasteiger partial charge on any atom is -0.424 e. The van der Waals surface area contributed by atoms with Gasteiger partial charge in [-0.3, -0.25) is 9.78 Å². The van der Waals surface area contributed by atoms with Crippen LogP contribution in [-0.4, -0.2) is 11.0 Å². The Morgan fingerprint density at radius 2 is 2.13 bits per heavy atom. The first-order chi connectivity index (χ1) is 7.18. The van der Waals surface area contributed by atoms with Crippen molar-refractivity contribution in [2.24, 2.45) is 0 Å². The van der Waals surface area contributed by atoms with Gasteiger partial charge in [0.2, 0.25) is 0 Å². The van der Waals surface area contributed by atoms with Crippen molar-refractivity contribution in [2.45, 2.75) is 13.8 Å². The molecule has 2 rings (SSSR count). The number of pyridine rings is 1. The summed E-state index contributed by atoms with van der Waals surface area (Å²) < 4.78 is 5.16. The van der Waals surface area contributed by atoms with E-state index in [1.54, 1.807) is 6.20 Å². The van der Waals surface area contributed by atoms with E-state index < -0.39 is 0 Å². The Morgan fingerprint density at radius 3 is 2.87 bits per heavy atom. The fraction of sp³-hybridized carbons (Fsp3) is 0.167. The summed E-state index contributed by atoms with van der Waals surface area (Å²) in [5.74, 6) is 0.233. The van der Waals surface area contributed by atoms with Gasteiger partial charge in [-0.25, -0.2) is 0 Å². The molecule has 1 aromatic heterocycles. The lowest BCUT2D eigenvalue weighted by Crippen LogP contribution is -2.03. The minimum absolute atomic E-state index is 0.323. The van der Waals surface area contributed by atoms with E-state index in [1.165, 1.54) is 6.92 Å². The highest BCUT2D eigenvalue weighted by atomic mass is 16.5. The Bertz CT molecular complexity index is 520. The Balaban J connectivity index is 2.68. The number of hydrogen-bond acceptors (Lipinski definition) is 3. The molecule has 0 fully saturated rings. The SMILES string of the molecule is CC(=O)Oc1c(C)ccc2cccnc12. The number of benzene rings is 1. The maximum atomic E-state index is 11.0. The lowest BCUT2D eigenvalue weighted by Gasteiger charge is -2.07. The fourth-order valence-electron chi connectivity index (χ4n) is 1.49. The second-order valence-electron chi connectivity index (χ2n) is 3.38. The minimum atomic E-state index is -0.323. The van der Waals surface area contributed by atoms with Gasteiger partial charge in [-0.2, -0.15) is 0 Å². The van der Waals surface area contributed by atoms with Crippen molar-refractivity contribution in [1.29, 1.82) is 0 Å². The summed E-state index contributed by atoms with van der Waals surface area (Å²) in [6.45, 7) is 3.29. The van der Waals surface area contributed by atoms with Gasteiger partial charge in [-0.15, -0.1) is 0 Å². The highest BCUT2D eigenvalue weighted by Gasteiger charge is 2.08. The van der Waals surface area contributed by atoms with Gasteiger partial charge in [0.25, 0.3) is 0 Å². The van der Waals surface area contributed by atoms with Gasteiger partial charge in [-0.1, -0.05) is 18.2 Å². The second-order valence-corrected chi connectivity index (χ2v) is 3.38. The number of aryl methyl sites for hydroxylation is 1. The van der Waals surface area contributed by atoms with Crippen LogP contribution in [0.3, 0.4) is 0 Å². The summed E-state index contributed by atoms with van der Waals surface area (Å²) in [5, 5.41) is 0.972. The number of carbonyl (C=O) groups is 1. The largest absolute Gasteiger partial charge is 0.424 e. The van der Waals surface area contributed by atoms with Crippen LogP contribution in [0.25, 0.3) is 10.9 Å². The molecule has 0 spiro atoms. The van der Waals surface area contributed by atoms with E-state index >= 15 is 0 Å². The first kappa shape index (κ1) is 9.65. The zero-order chi connectivity index (χ0) is 10.8. The molecule has 1 heterocycles. The van der Waals surface area contributed by atoms with Crippen LogP contribution in [0.2, 0.25) is 0 Å². The highest BCUT2D eigenvalue weighted by Crippen LogP contribution is 2.27. The first-order valence-corrected chi connectivity index (χ1v) is 4.71. The van der Waals surface area contributed by atoms with Crippen molar-refractivity contribution in [1.82, 2.24) is 4.98 Å². The van der Waals surface area contributed by atoms with Crippen molar-refractivity contribution in [3.05, 3.63) is 36.0 Å². The topological polar surface area (TPSA) is 39.2 Å². The number of rotatable bonds is 1. The number of ether oxygens (including phenoxy) is 1. The molecule has 0 amide bonds. The van der Waals surface area contributed by atoms with E-state index in [4.69, 9.17) is 4.74 Å². The maximum absolute atomic E-state index is 11.0. The van der Waals surface area contributed by atoms with E-state index in [1.807, 2.05) is 31.2 Å². The van der Waals surface area contributed by atoms with E-state index in [0.29, 0.717) is 5.75 Å². The summed E-state index contributed by atoms with van der Waals surface area (Å²) >= 11 is 0. The van der Waals surface area contributed by atoms with Crippen LogP contribution < -0.4 is 4.74 Å². The second kappa shape index (κ2) is 3.69. The lowest BCUT2D eigenvalue weighted by atomic mass is 10.1. The van der Waals surface area contributed by atoms with E-state index in [2.05, 4.69) is 4.98 Å². The predicted molar refractivity (Wildman–Crippen MR) is 57.8 cm³/mol. The molecule has 0 aliphatic rings. The van der Waals surface area contributed by atoms with Crippen molar-refractivity contribution in [2.75, 3.05) is 0 Å². The number of esters is 1. The van der Waals surface area contributed by atoms with Crippen LogP contribution >= 0.6 is 0 Å². The number of hydrogen-bond donors (Lipinski definition) is 0. The van der Waals surface area contributed by atoms with Gasteiger partial charge in [0.1, 0.15) is 5.52 Å². The number of carbonyl (C=O) groups excluding carboxylic acids is 1. The summed E-state index contributed by atoms with van der Waals surface area (Å²) in [5.41, 5.74) is 1.64. The summed E-state index contributed by atoms with van der Waals surface area (Å²) in [4.78, 5) is 15.2. The number of aromatic nitrogens is 1. The van der Waals surface area contributed by atoms with E-state index in [0.717, 1.165) is 16.5 Å². The Labute approximate surface area is 87.7 Å². The monoisotopic (exact) mass is 201 g/mol. The average molecular weight is 201 g/mol. The lowest BCUT2D eigenvalue weighted by molar-refractivity contribution is -0.131. The van der Waals surface area contributed by atoms with Gasteiger partial charge in [0, 0.05) is 18.5 Å². The van der Waals surface area contributed by atoms with Crippen LogP contribution in [0.5, 0.6) is 5.75 Å². The molecule has 15 heavy (non-hydrogen) atoms. The van der Waals surface area contributed by atoms with Crippen molar-refractivity contribution >= 4 is 16.9 Å². The first-order valence-electron chi connectivity index (χ1n) is 4.71. The molecule has 0 atom stereocenters. The zero-order valence-electron chi connectivity index (χ0n) is 8.65. The quantitative estimate of drug-likeness (QED) is 0.525. The standard InChI is InChI=1S/C12H11NO2/c1-8-5-6-10-4-3-7-13-11(10)12(8)15-9(2)14/h3-7H,1-2H3. The molecule has 0 saturated carbocycles. The van der Waals surface area contributed by atoms with Crippen LogP contribution in [0.4, 0.5) is 0 Å². The van der Waals surface area contributed by atoms with Gasteiger partial charge >= 0.3 is 5.97 Å². The molecule has 0 unspecified atom stereocenters. The molecule has 0 radical (unpaired) electrons. The molecule has 3 heteroatoms. The van der Waals surface area contributed by atoms with Gasteiger partial charge in [0.05, 0.1) is 0 Å². The Morgan fingerprint density at radius 1 is 1.33 bits per heavy atom. The summed E-state index contributed by atoms with van der Waals surface area (Å²) in [6, 6.07) is 7.68. The van der Waals surface area contributed by atoms with Gasteiger partial charge in [-0.05, 0) is 18.6 Å². The molecular weight excluding hydrogens is 190 g/mol. The Hall–Kier alpha value is -1.90. The normalized spacial score (nSPS) is 10.3. The van der Waals surface area contributed by atoms with Crippen LogP contribution in [-0.2, 0) is 4.79 Å². The third-order valence-electron chi connectivity index (χ3n) is 2.17. The average Bonchev–Trinajstić information content (AvgIpc) is 2.22. The van der Waals surface area contributed by atoms with Crippen molar-refractivity contribution in [3.63, 3.8) is 0 Å². The maximum Gasteiger partial charge on any atom is 0.308 e. The highest BCUT2D eigenvalue weighted by molar-refractivity contribution is 5.87. The number of fused-ring (bicyclic) bond motifs is 1. The molecule has 1 aromatic carbocycles.